The van der Waals surface area contributed by atoms with Gasteiger partial charge in [0, 0.05) is 67.0 Å². The van der Waals surface area contributed by atoms with Crippen LogP contribution < -0.4 is 15.8 Å². The van der Waals surface area contributed by atoms with E-state index in [1.807, 2.05) is 30.0 Å². The number of carbonyl (C=O) groups is 1. The lowest BCUT2D eigenvalue weighted by atomic mass is 9.82. The molecule has 3 aromatic heterocycles. The number of carbonyl (C=O) groups excluding carboxylic acids is 1. The lowest BCUT2D eigenvalue weighted by Crippen LogP contribution is -2.40. The van der Waals surface area contributed by atoms with Gasteiger partial charge in [-0.15, -0.1) is 0 Å². The maximum Gasteiger partial charge on any atom is 0.317 e. The fourth-order valence-corrected chi connectivity index (χ4v) is 4.68. The van der Waals surface area contributed by atoms with E-state index in [1.165, 1.54) is 5.69 Å². The summed E-state index contributed by atoms with van der Waals surface area (Å²) in [6.07, 6.45) is 7.18. The average Bonchev–Trinajstić information content (AvgIpc) is 3.51. The normalized spacial score (nSPS) is 19.3. The van der Waals surface area contributed by atoms with Crippen molar-refractivity contribution in [2.45, 2.75) is 38.3 Å². The third kappa shape index (κ3) is 3.63. The van der Waals surface area contributed by atoms with E-state index in [1.54, 1.807) is 18.6 Å². The number of nitrogens with two attached hydrogens (primary N) is 1. The third-order valence-electron chi connectivity index (χ3n) is 6.39. The molecule has 1 saturated heterocycles. The summed E-state index contributed by atoms with van der Waals surface area (Å²) in [7, 11) is 0. The van der Waals surface area contributed by atoms with Crippen LogP contribution in [0.2, 0.25) is 0 Å². The summed E-state index contributed by atoms with van der Waals surface area (Å²) in [6, 6.07) is 7.85. The molecular formula is C23H27N7O2. The molecule has 3 N–H and O–H groups in total. The molecule has 1 unspecified atom stereocenters. The summed E-state index contributed by atoms with van der Waals surface area (Å²) in [5, 5.41) is 7.74. The first-order valence-corrected chi connectivity index (χ1v) is 11.0. The Kier molecular flexibility index (Phi) is 5.16. The largest absolute Gasteiger partial charge is 0.485 e. The van der Waals surface area contributed by atoms with Gasteiger partial charge in [0.25, 0.3) is 0 Å². The number of anilines is 1. The molecule has 1 atom stereocenters. The number of hydrogen-bond donors (Lipinski definition) is 2. The zero-order valence-electron chi connectivity index (χ0n) is 18.1. The average molecular weight is 434 g/mol. The van der Waals surface area contributed by atoms with Crippen LogP contribution in [0.4, 0.5) is 10.6 Å². The van der Waals surface area contributed by atoms with E-state index in [0.29, 0.717) is 24.7 Å². The van der Waals surface area contributed by atoms with Gasteiger partial charge in [-0.25, -0.2) is 9.78 Å². The topological polar surface area (TPSA) is 111 Å². The Balaban J connectivity index is 1.36. The molecular weight excluding hydrogens is 406 g/mol. The van der Waals surface area contributed by atoms with Crippen molar-refractivity contribution >= 4 is 11.8 Å². The highest BCUT2D eigenvalue weighted by molar-refractivity contribution is 5.75. The predicted molar refractivity (Wildman–Crippen MR) is 120 cm³/mol. The van der Waals surface area contributed by atoms with Crippen molar-refractivity contribution in [2.75, 3.05) is 25.4 Å². The van der Waals surface area contributed by atoms with Gasteiger partial charge in [-0.05, 0) is 38.0 Å². The van der Waals surface area contributed by atoms with Gasteiger partial charge < -0.3 is 20.7 Å². The van der Waals surface area contributed by atoms with Crippen LogP contribution in [-0.2, 0) is 18.6 Å². The fourth-order valence-electron chi connectivity index (χ4n) is 4.68. The van der Waals surface area contributed by atoms with E-state index in [0.717, 1.165) is 49.3 Å². The molecule has 3 aromatic rings. The van der Waals surface area contributed by atoms with E-state index < -0.39 is 0 Å². The number of nitrogens with one attached hydrogen (secondary N) is 1. The number of nitrogens with zero attached hydrogens (tertiary/aromatic N) is 5. The Labute approximate surface area is 186 Å². The molecule has 5 rings (SSSR count). The summed E-state index contributed by atoms with van der Waals surface area (Å²) in [6.45, 7) is 5.29. The quantitative estimate of drug-likeness (QED) is 0.640. The third-order valence-corrected chi connectivity index (χ3v) is 6.39. The molecule has 2 amide bonds. The number of amides is 2. The maximum absolute atomic E-state index is 12.3. The highest BCUT2D eigenvalue weighted by Gasteiger charge is 2.46. The number of rotatable bonds is 5. The Morgan fingerprint density at radius 3 is 2.97 bits per heavy atom. The second kappa shape index (κ2) is 8.14. The summed E-state index contributed by atoms with van der Waals surface area (Å²) in [5.41, 5.74) is 9.86. The molecule has 1 fully saturated rings. The zero-order valence-corrected chi connectivity index (χ0v) is 18.1. The van der Waals surface area contributed by atoms with Crippen LogP contribution in [0.5, 0.6) is 5.75 Å². The molecule has 5 heterocycles. The van der Waals surface area contributed by atoms with Crippen molar-refractivity contribution in [1.82, 2.24) is 30.0 Å². The lowest BCUT2D eigenvalue weighted by Gasteiger charge is -2.23. The van der Waals surface area contributed by atoms with Gasteiger partial charge in [-0.1, -0.05) is 6.07 Å². The van der Waals surface area contributed by atoms with Crippen molar-refractivity contribution in [1.29, 1.82) is 0 Å². The number of aromatic nitrogens is 4. The van der Waals surface area contributed by atoms with Gasteiger partial charge in [0.2, 0.25) is 0 Å². The van der Waals surface area contributed by atoms with Crippen LogP contribution in [0.1, 0.15) is 31.0 Å². The van der Waals surface area contributed by atoms with Crippen LogP contribution in [0.25, 0.3) is 11.3 Å². The highest BCUT2D eigenvalue weighted by Crippen LogP contribution is 2.44. The molecule has 0 aliphatic carbocycles. The Hall–Kier alpha value is -3.62. The molecule has 32 heavy (non-hydrogen) atoms. The molecule has 0 saturated carbocycles. The number of fused-ring (bicyclic) bond motifs is 2. The first-order chi connectivity index (χ1) is 15.6. The minimum absolute atomic E-state index is 0.0145. The summed E-state index contributed by atoms with van der Waals surface area (Å²) >= 11 is 0. The smallest absolute Gasteiger partial charge is 0.317 e. The van der Waals surface area contributed by atoms with E-state index in [4.69, 9.17) is 15.6 Å². The van der Waals surface area contributed by atoms with Gasteiger partial charge >= 0.3 is 6.03 Å². The minimum Gasteiger partial charge on any atom is -0.485 e. The van der Waals surface area contributed by atoms with Crippen LogP contribution in [0.3, 0.4) is 0 Å². The monoisotopic (exact) mass is 433 g/mol. The number of likely N-dealkylation sites (tertiary alicyclic amines) is 1. The molecule has 0 aromatic carbocycles. The summed E-state index contributed by atoms with van der Waals surface area (Å²) < 4.78 is 7.98. The fraction of sp³-hybridized carbons (Fsp3) is 0.391. The number of pyridine rings is 2. The van der Waals surface area contributed by atoms with Crippen molar-refractivity contribution in [3.05, 3.63) is 54.1 Å². The molecule has 9 heteroatoms. The molecule has 2 aliphatic rings. The maximum atomic E-state index is 12.3. The Morgan fingerprint density at radius 2 is 2.16 bits per heavy atom. The van der Waals surface area contributed by atoms with Crippen molar-refractivity contribution < 1.29 is 9.53 Å². The van der Waals surface area contributed by atoms with E-state index in [2.05, 4.69) is 26.0 Å². The molecule has 166 valence electrons. The van der Waals surface area contributed by atoms with Gasteiger partial charge in [-0.3, -0.25) is 9.67 Å². The molecule has 1 spiro atoms. The predicted octanol–water partition coefficient (Wildman–Crippen LogP) is 2.58. The van der Waals surface area contributed by atoms with E-state index in [9.17, 15) is 4.79 Å². The van der Waals surface area contributed by atoms with Crippen molar-refractivity contribution in [2.24, 2.45) is 0 Å². The second-order valence-electron chi connectivity index (χ2n) is 8.43. The first kappa shape index (κ1) is 20.3. The molecule has 0 bridgehead atoms. The molecule has 9 nitrogen and oxygen atoms in total. The summed E-state index contributed by atoms with van der Waals surface area (Å²) in [5.74, 6) is 0.867. The number of urea groups is 1. The lowest BCUT2D eigenvalue weighted by molar-refractivity contribution is 0.206. The van der Waals surface area contributed by atoms with Gasteiger partial charge in [0.15, 0.2) is 11.6 Å². The standard InChI is InChI=1S/C23H27N7O2/c1-2-26-22(31)29-8-5-23(15-29)6-9-30-20(23)11-18(28-30)17-10-19(21(24)27-13-17)32-14-16-4-3-7-25-12-16/h3-4,7,10-13H,2,5-6,8-9,14-15H2,1H3,(H2,24,27)(H,26,31). The van der Waals surface area contributed by atoms with Crippen molar-refractivity contribution in [3.63, 3.8) is 0 Å². The van der Waals surface area contributed by atoms with Gasteiger partial charge in [0.1, 0.15) is 6.61 Å². The van der Waals surface area contributed by atoms with Crippen LogP contribution in [0, 0.1) is 0 Å². The second-order valence-corrected chi connectivity index (χ2v) is 8.43. The summed E-state index contributed by atoms with van der Waals surface area (Å²) in [4.78, 5) is 22.7. The number of aryl methyl sites for hydroxylation is 1. The molecule has 2 aliphatic heterocycles. The molecule has 0 radical (unpaired) electrons. The highest BCUT2D eigenvalue weighted by atomic mass is 16.5. The van der Waals surface area contributed by atoms with Crippen LogP contribution in [-0.4, -0.2) is 50.3 Å². The first-order valence-electron chi connectivity index (χ1n) is 11.0. The SMILES string of the molecule is CCNC(=O)N1CCC2(CCn3nc(-c4cnc(N)c(OCc5cccnc5)c4)cc32)C1. The van der Waals surface area contributed by atoms with E-state index in [-0.39, 0.29) is 11.4 Å². The minimum atomic E-state index is -0.0305. The van der Waals surface area contributed by atoms with Crippen LogP contribution in [0.15, 0.2) is 42.9 Å². The zero-order chi connectivity index (χ0) is 22.1. The number of nitrogen functional groups attached to an aromatic ring is 1. The van der Waals surface area contributed by atoms with Crippen molar-refractivity contribution in [3.8, 4) is 17.0 Å². The van der Waals surface area contributed by atoms with Gasteiger partial charge in [-0.2, -0.15) is 5.10 Å². The van der Waals surface area contributed by atoms with E-state index >= 15 is 0 Å². The van der Waals surface area contributed by atoms with Gasteiger partial charge in [0.05, 0.1) is 5.69 Å². The Morgan fingerprint density at radius 1 is 1.28 bits per heavy atom. The number of hydrogen-bond acceptors (Lipinski definition) is 6. The Bertz CT molecular complexity index is 1130. The number of ether oxygens (including phenoxy) is 1. The van der Waals surface area contributed by atoms with Crippen LogP contribution >= 0.6 is 0 Å².